The molecule has 0 spiro atoms. The van der Waals surface area contributed by atoms with E-state index >= 15 is 0 Å². The lowest BCUT2D eigenvalue weighted by Crippen LogP contribution is -2.25. The van der Waals surface area contributed by atoms with Crippen LogP contribution in [0.15, 0.2) is 24.3 Å². The molecule has 2 rings (SSSR count). The Balaban J connectivity index is 2.20. The average molecular weight is 263 g/mol. The number of carboxylic acid groups (broad SMARTS) is 1. The van der Waals surface area contributed by atoms with Crippen LogP contribution in [0, 0.1) is 5.82 Å². The minimum atomic E-state index is -1.02. The Morgan fingerprint density at radius 2 is 2.26 bits per heavy atom. The number of nitrogens with zero attached hydrogens (tertiary/aromatic N) is 1. The van der Waals surface area contributed by atoms with Crippen LogP contribution in [-0.2, 0) is 11.3 Å². The smallest absolute Gasteiger partial charge is 0.328 e. The molecule has 0 bridgehead atoms. The minimum Gasteiger partial charge on any atom is -0.478 e. The summed E-state index contributed by atoms with van der Waals surface area (Å²) < 4.78 is 13.3. The Labute approximate surface area is 112 Å². The molecule has 3 nitrogen and oxygen atoms in total. The molecule has 0 aromatic heterocycles. The summed E-state index contributed by atoms with van der Waals surface area (Å²) in [7, 11) is 0. The van der Waals surface area contributed by atoms with Gasteiger partial charge in [0.1, 0.15) is 5.82 Å². The summed E-state index contributed by atoms with van der Waals surface area (Å²) in [6.07, 6.45) is 4.94. The van der Waals surface area contributed by atoms with Gasteiger partial charge in [-0.15, -0.1) is 0 Å². The van der Waals surface area contributed by atoms with Gasteiger partial charge in [-0.1, -0.05) is 13.0 Å². The standard InChI is InChI=1S/C15H18FNO2/c1-2-17(14-6-7-14)10-12-3-5-13(16)9-11(12)4-8-15(18)19/h3-5,8-9,14H,2,6-7,10H2,1H3,(H,18,19)/b8-4+. The fourth-order valence-corrected chi connectivity index (χ4v) is 2.18. The molecule has 1 aromatic rings. The van der Waals surface area contributed by atoms with Crippen molar-refractivity contribution in [2.24, 2.45) is 0 Å². The van der Waals surface area contributed by atoms with Crippen molar-refractivity contribution in [1.29, 1.82) is 0 Å². The molecule has 1 aliphatic carbocycles. The third-order valence-electron chi connectivity index (χ3n) is 3.36. The zero-order chi connectivity index (χ0) is 13.8. The van der Waals surface area contributed by atoms with Crippen LogP contribution in [0.2, 0.25) is 0 Å². The second-order valence-electron chi connectivity index (χ2n) is 4.81. The number of aliphatic carboxylic acids is 1. The first-order valence-electron chi connectivity index (χ1n) is 6.53. The quantitative estimate of drug-likeness (QED) is 0.802. The first-order chi connectivity index (χ1) is 9.10. The van der Waals surface area contributed by atoms with Crippen molar-refractivity contribution < 1.29 is 14.3 Å². The van der Waals surface area contributed by atoms with E-state index in [0.717, 1.165) is 24.7 Å². The van der Waals surface area contributed by atoms with Crippen LogP contribution < -0.4 is 0 Å². The van der Waals surface area contributed by atoms with Gasteiger partial charge in [0.2, 0.25) is 0 Å². The van der Waals surface area contributed by atoms with Gasteiger partial charge in [0.15, 0.2) is 0 Å². The van der Waals surface area contributed by atoms with Gasteiger partial charge in [0.25, 0.3) is 0 Å². The molecular formula is C15H18FNO2. The molecule has 1 N–H and O–H groups in total. The average Bonchev–Trinajstić information content (AvgIpc) is 3.19. The maximum absolute atomic E-state index is 13.3. The molecule has 0 heterocycles. The van der Waals surface area contributed by atoms with Gasteiger partial charge in [-0.25, -0.2) is 9.18 Å². The maximum atomic E-state index is 13.3. The minimum absolute atomic E-state index is 0.344. The molecule has 0 amide bonds. The molecule has 0 unspecified atom stereocenters. The highest BCUT2D eigenvalue weighted by Crippen LogP contribution is 2.28. The summed E-state index contributed by atoms with van der Waals surface area (Å²) in [5.41, 5.74) is 1.61. The van der Waals surface area contributed by atoms with E-state index in [2.05, 4.69) is 11.8 Å². The normalized spacial score (nSPS) is 15.3. The predicted octanol–water partition coefficient (Wildman–Crippen LogP) is 2.91. The van der Waals surface area contributed by atoms with E-state index in [1.54, 1.807) is 6.07 Å². The highest BCUT2D eigenvalue weighted by Gasteiger charge is 2.27. The lowest BCUT2D eigenvalue weighted by molar-refractivity contribution is -0.131. The molecule has 1 aromatic carbocycles. The summed E-state index contributed by atoms with van der Waals surface area (Å²) in [6.45, 7) is 3.79. The van der Waals surface area contributed by atoms with E-state index in [4.69, 9.17) is 5.11 Å². The summed E-state index contributed by atoms with van der Waals surface area (Å²) in [6, 6.07) is 5.18. The SMILES string of the molecule is CCN(Cc1ccc(F)cc1/C=C/C(=O)O)C1CC1. The molecule has 19 heavy (non-hydrogen) atoms. The van der Waals surface area contributed by atoms with Gasteiger partial charge >= 0.3 is 5.97 Å². The Hall–Kier alpha value is -1.68. The van der Waals surface area contributed by atoms with E-state index in [1.807, 2.05) is 0 Å². The van der Waals surface area contributed by atoms with Gasteiger partial charge < -0.3 is 5.11 Å². The molecule has 0 atom stereocenters. The zero-order valence-electron chi connectivity index (χ0n) is 11.0. The molecule has 0 aliphatic heterocycles. The predicted molar refractivity (Wildman–Crippen MR) is 72.2 cm³/mol. The summed E-state index contributed by atoms with van der Waals surface area (Å²) >= 11 is 0. The van der Waals surface area contributed by atoms with Crippen LogP contribution in [-0.4, -0.2) is 28.6 Å². The van der Waals surface area contributed by atoms with Gasteiger partial charge in [0, 0.05) is 18.7 Å². The van der Waals surface area contributed by atoms with Crippen LogP contribution in [0.5, 0.6) is 0 Å². The van der Waals surface area contributed by atoms with Crippen molar-refractivity contribution in [2.45, 2.75) is 32.4 Å². The highest BCUT2D eigenvalue weighted by atomic mass is 19.1. The second kappa shape index (κ2) is 5.97. The van der Waals surface area contributed by atoms with Gasteiger partial charge in [0.05, 0.1) is 0 Å². The fourth-order valence-electron chi connectivity index (χ4n) is 2.18. The number of hydrogen-bond acceptors (Lipinski definition) is 2. The maximum Gasteiger partial charge on any atom is 0.328 e. The van der Waals surface area contributed by atoms with Gasteiger partial charge in [-0.05, 0) is 48.7 Å². The van der Waals surface area contributed by atoms with E-state index in [0.29, 0.717) is 11.6 Å². The third-order valence-corrected chi connectivity index (χ3v) is 3.36. The van der Waals surface area contributed by atoms with Crippen molar-refractivity contribution in [3.63, 3.8) is 0 Å². The molecule has 102 valence electrons. The number of carbonyl (C=O) groups is 1. The van der Waals surface area contributed by atoms with E-state index in [9.17, 15) is 9.18 Å². The van der Waals surface area contributed by atoms with Crippen molar-refractivity contribution in [2.75, 3.05) is 6.54 Å². The van der Waals surface area contributed by atoms with Crippen LogP contribution >= 0.6 is 0 Å². The zero-order valence-corrected chi connectivity index (χ0v) is 11.0. The number of hydrogen-bond donors (Lipinski definition) is 1. The van der Waals surface area contributed by atoms with E-state index < -0.39 is 5.97 Å². The number of rotatable bonds is 6. The van der Waals surface area contributed by atoms with Crippen LogP contribution in [0.3, 0.4) is 0 Å². The van der Waals surface area contributed by atoms with Gasteiger partial charge in [-0.3, -0.25) is 4.90 Å². The largest absolute Gasteiger partial charge is 0.478 e. The molecule has 1 fully saturated rings. The van der Waals surface area contributed by atoms with Gasteiger partial charge in [-0.2, -0.15) is 0 Å². The Morgan fingerprint density at radius 3 is 2.84 bits per heavy atom. The monoisotopic (exact) mass is 263 g/mol. The van der Waals surface area contributed by atoms with Crippen molar-refractivity contribution in [3.8, 4) is 0 Å². The second-order valence-corrected chi connectivity index (χ2v) is 4.81. The number of halogens is 1. The Kier molecular flexibility index (Phi) is 4.32. The number of benzene rings is 1. The highest BCUT2D eigenvalue weighted by molar-refractivity contribution is 5.85. The van der Waals surface area contributed by atoms with Crippen LogP contribution in [0.1, 0.15) is 30.9 Å². The molecule has 1 saturated carbocycles. The molecular weight excluding hydrogens is 245 g/mol. The molecule has 1 aliphatic rings. The summed E-state index contributed by atoms with van der Waals surface area (Å²) in [4.78, 5) is 12.9. The molecule has 0 radical (unpaired) electrons. The fraction of sp³-hybridized carbons (Fsp3) is 0.400. The summed E-state index contributed by atoms with van der Waals surface area (Å²) in [5, 5.41) is 8.67. The topological polar surface area (TPSA) is 40.5 Å². The third kappa shape index (κ3) is 3.89. The Bertz CT molecular complexity index is 495. The lowest BCUT2D eigenvalue weighted by atomic mass is 10.1. The molecule has 0 saturated heterocycles. The lowest BCUT2D eigenvalue weighted by Gasteiger charge is -2.21. The van der Waals surface area contributed by atoms with Crippen molar-refractivity contribution in [3.05, 3.63) is 41.2 Å². The summed E-state index contributed by atoms with van der Waals surface area (Å²) in [5.74, 6) is -1.37. The first-order valence-corrected chi connectivity index (χ1v) is 6.53. The Morgan fingerprint density at radius 1 is 1.53 bits per heavy atom. The number of carboxylic acids is 1. The van der Waals surface area contributed by atoms with Crippen molar-refractivity contribution in [1.82, 2.24) is 4.90 Å². The van der Waals surface area contributed by atoms with Crippen molar-refractivity contribution >= 4 is 12.0 Å². The van der Waals surface area contributed by atoms with Crippen LogP contribution in [0.25, 0.3) is 6.08 Å². The van der Waals surface area contributed by atoms with E-state index in [1.165, 1.54) is 31.1 Å². The first kappa shape index (κ1) is 13.7. The van der Waals surface area contributed by atoms with E-state index in [-0.39, 0.29) is 5.82 Å². The molecule has 4 heteroatoms. The van der Waals surface area contributed by atoms with Crippen LogP contribution in [0.4, 0.5) is 4.39 Å².